The quantitative estimate of drug-likeness (QED) is 0.103. The van der Waals surface area contributed by atoms with Crippen molar-refractivity contribution in [3.05, 3.63) is 190 Å². The number of hydrogen-bond donors (Lipinski definition) is 2. The number of allylic oxidation sites excluding steroid dienone is 2. The number of nitrogens with zero attached hydrogens (tertiary/aromatic N) is 3. The Morgan fingerprint density at radius 1 is 0.411 bits per heavy atom. The summed E-state index contributed by atoms with van der Waals surface area (Å²) in [5, 5.41) is 19.4. The standard InChI is InChI=1S/C34H40N2O4.C22H18O2.C6H12ClNO/c1-2-4-27(5-3-1)32-12-8-29-26-31(40-25-19-36-16-22-38-23-17-36)11-13-33(29)34(32)28-6-9-30(10-7-28)39-24-18-35-14-20-37-21-15-35;23-18-9-6-16(7-10-18)22-20(15-4-2-1-3-5-15)12-8-17-14-19(24)11-13-21(17)22;7-1-2-8-3-5-9-6-4-8/h1-7,9-11,13,26H,8,12,14-25H2;1-7,9-11,13-14,23-24H,8,12H2;1-6H2. The molecule has 11 heteroatoms. The van der Waals surface area contributed by atoms with Crippen molar-refractivity contribution in [1.29, 1.82) is 0 Å². The third-order valence-electron chi connectivity index (χ3n) is 14.2. The summed E-state index contributed by atoms with van der Waals surface area (Å²) in [7, 11) is 0. The molecule has 0 bridgehead atoms. The minimum Gasteiger partial charge on any atom is -0.508 e. The van der Waals surface area contributed by atoms with Gasteiger partial charge in [0.25, 0.3) is 0 Å². The topological polar surface area (TPSA) is 96.3 Å². The van der Waals surface area contributed by atoms with Crippen molar-refractivity contribution in [2.75, 3.05) is 118 Å². The fraction of sp³-hybridized carbons (Fsp3) is 0.355. The first kappa shape index (κ1) is 51.9. The maximum absolute atomic E-state index is 9.82. The van der Waals surface area contributed by atoms with E-state index in [4.69, 9.17) is 35.3 Å². The van der Waals surface area contributed by atoms with Crippen LogP contribution in [0.25, 0.3) is 22.3 Å². The first-order valence-electron chi connectivity index (χ1n) is 26.1. The fourth-order valence-electron chi connectivity index (χ4n) is 10.3. The van der Waals surface area contributed by atoms with E-state index in [-0.39, 0.29) is 5.75 Å². The lowest BCUT2D eigenvalue weighted by atomic mass is 9.79. The van der Waals surface area contributed by atoms with E-state index in [1.807, 2.05) is 30.3 Å². The molecule has 0 atom stereocenters. The molecule has 2 N–H and O–H groups in total. The molecule has 73 heavy (non-hydrogen) atoms. The number of phenolic OH excluding ortho intramolecular Hbond substituents is 2. The molecule has 0 amide bonds. The van der Waals surface area contributed by atoms with Crippen LogP contribution in [0.15, 0.2) is 146 Å². The highest BCUT2D eigenvalue weighted by molar-refractivity contribution is 6.18. The Labute approximate surface area is 437 Å². The van der Waals surface area contributed by atoms with Gasteiger partial charge in [-0.15, -0.1) is 11.6 Å². The number of rotatable bonds is 14. The molecule has 382 valence electrons. The Morgan fingerprint density at radius 2 is 0.822 bits per heavy atom. The van der Waals surface area contributed by atoms with Crippen molar-refractivity contribution in [3.8, 4) is 23.0 Å². The van der Waals surface area contributed by atoms with Crippen LogP contribution >= 0.6 is 11.6 Å². The van der Waals surface area contributed by atoms with E-state index < -0.39 is 0 Å². The van der Waals surface area contributed by atoms with Gasteiger partial charge in [0.1, 0.15) is 36.2 Å². The van der Waals surface area contributed by atoms with Crippen LogP contribution in [0.4, 0.5) is 0 Å². The largest absolute Gasteiger partial charge is 0.508 e. The third kappa shape index (κ3) is 14.4. The molecule has 10 nitrogen and oxygen atoms in total. The molecule has 0 unspecified atom stereocenters. The van der Waals surface area contributed by atoms with E-state index in [1.165, 1.54) is 50.1 Å². The Morgan fingerprint density at radius 3 is 1.32 bits per heavy atom. The number of aromatic hydroxyl groups is 2. The van der Waals surface area contributed by atoms with Gasteiger partial charge in [-0.1, -0.05) is 97.1 Å². The number of ether oxygens (including phenoxy) is 5. The number of halogens is 1. The van der Waals surface area contributed by atoms with Gasteiger partial charge in [0.15, 0.2) is 0 Å². The molecule has 11 rings (SSSR count). The first-order chi connectivity index (χ1) is 36.0. The van der Waals surface area contributed by atoms with E-state index in [0.29, 0.717) is 19.0 Å². The second-order valence-corrected chi connectivity index (χ2v) is 19.3. The minimum absolute atomic E-state index is 0.266. The molecule has 3 heterocycles. The van der Waals surface area contributed by atoms with Crippen LogP contribution in [0.2, 0.25) is 0 Å². The number of hydrogen-bond acceptors (Lipinski definition) is 10. The fourth-order valence-corrected chi connectivity index (χ4v) is 10.5. The summed E-state index contributed by atoms with van der Waals surface area (Å²) in [5.74, 6) is 3.18. The monoisotopic (exact) mass is 1000 g/mol. The predicted octanol–water partition coefficient (Wildman–Crippen LogP) is 10.6. The minimum atomic E-state index is 0.266. The molecule has 3 aliphatic heterocycles. The van der Waals surface area contributed by atoms with E-state index >= 15 is 0 Å². The Balaban J connectivity index is 0.000000166. The van der Waals surface area contributed by atoms with Gasteiger partial charge in [0.05, 0.1) is 39.6 Å². The summed E-state index contributed by atoms with van der Waals surface area (Å²) < 4.78 is 28.4. The number of phenols is 2. The average Bonchev–Trinajstić information content (AvgIpc) is 3.45. The molecule has 3 saturated heterocycles. The van der Waals surface area contributed by atoms with Crippen molar-refractivity contribution >= 4 is 33.9 Å². The number of morpholine rings is 3. The van der Waals surface area contributed by atoms with Crippen molar-refractivity contribution < 1.29 is 33.9 Å². The van der Waals surface area contributed by atoms with Crippen LogP contribution in [0.1, 0.15) is 57.3 Å². The Kier molecular flexibility index (Phi) is 19.1. The lowest BCUT2D eigenvalue weighted by Gasteiger charge is -2.27. The van der Waals surface area contributed by atoms with Gasteiger partial charge < -0.3 is 33.9 Å². The lowest BCUT2D eigenvalue weighted by Crippen LogP contribution is -2.38. The summed E-state index contributed by atoms with van der Waals surface area (Å²) in [6, 6.07) is 49.5. The summed E-state index contributed by atoms with van der Waals surface area (Å²) in [6.45, 7) is 15.3. The molecule has 0 saturated carbocycles. The van der Waals surface area contributed by atoms with E-state index in [9.17, 15) is 10.2 Å². The van der Waals surface area contributed by atoms with Crippen molar-refractivity contribution in [2.24, 2.45) is 0 Å². The number of fused-ring (bicyclic) bond motifs is 2. The first-order valence-corrected chi connectivity index (χ1v) is 26.7. The molecule has 6 aromatic rings. The van der Waals surface area contributed by atoms with Gasteiger partial charge in [-0.2, -0.15) is 0 Å². The number of benzene rings is 6. The van der Waals surface area contributed by atoms with Crippen LogP contribution in [-0.4, -0.2) is 143 Å². The zero-order valence-electron chi connectivity index (χ0n) is 42.1. The molecular weight excluding hydrogens is 934 g/mol. The summed E-state index contributed by atoms with van der Waals surface area (Å²) in [5.41, 5.74) is 15.0. The zero-order valence-corrected chi connectivity index (χ0v) is 42.8. The van der Waals surface area contributed by atoms with Gasteiger partial charge in [-0.3, -0.25) is 14.7 Å². The van der Waals surface area contributed by atoms with E-state index in [0.717, 1.165) is 158 Å². The molecule has 0 spiro atoms. The van der Waals surface area contributed by atoms with E-state index in [1.54, 1.807) is 18.2 Å². The predicted molar refractivity (Wildman–Crippen MR) is 294 cm³/mol. The van der Waals surface area contributed by atoms with Crippen LogP contribution in [-0.2, 0) is 27.1 Å². The van der Waals surface area contributed by atoms with Crippen LogP contribution in [0, 0.1) is 0 Å². The van der Waals surface area contributed by atoms with Gasteiger partial charge in [-0.25, -0.2) is 0 Å². The number of aryl methyl sites for hydroxylation is 2. The molecule has 6 aromatic carbocycles. The summed E-state index contributed by atoms with van der Waals surface area (Å²) in [6.07, 6.45) is 3.85. The van der Waals surface area contributed by atoms with E-state index in [2.05, 4.69) is 112 Å². The molecule has 0 radical (unpaired) electrons. The second kappa shape index (κ2) is 26.8. The third-order valence-corrected chi connectivity index (χ3v) is 14.4. The van der Waals surface area contributed by atoms with Gasteiger partial charge in [0, 0.05) is 64.8 Å². The SMILES string of the molecule is ClCCN1CCOCC1.Oc1ccc(C2=C(c3ccccc3)CCc3cc(O)ccc32)cc1.c1ccc(C2=C(c3ccc(OCCN4CCOCC4)cc3)c3ccc(OCCN4CCOCC4)cc3CC2)cc1. The van der Waals surface area contributed by atoms with Crippen molar-refractivity contribution in [2.45, 2.75) is 25.7 Å². The van der Waals surface area contributed by atoms with Crippen LogP contribution in [0.5, 0.6) is 23.0 Å². The summed E-state index contributed by atoms with van der Waals surface area (Å²) in [4.78, 5) is 7.12. The van der Waals surface area contributed by atoms with Crippen molar-refractivity contribution in [1.82, 2.24) is 14.7 Å². The second-order valence-electron chi connectivity index (χ2n) is 18.9. The highest BCUT2D eigenvalue weighted by atomic mass is 35.5. The zero-order chi connectivity index (χ0) is 50.0. The normalized spacial score (nSPS) is 17.3. The molecule has 5 aliphatic rings. The number of alkyl halides is 1. The van der Waals surface area contributed by atoms with Gasteiger partial charge in [0.2, 0.25) is 0 Å². The lowest BCUT2D eigenvalue weighted by molar-refractivity contribution is 0.0321. The van der Waals surface area contributed by atoms with Gasteiger partial charge >= 0.3 is 0 Å². The maximum Gasteiger partial charge on any atom is 0.119 e. The maximum atomic E-state index is 9.82. The average molecular weight is 1000 g/mol. The molecule has 0 aromatic heterocycles. The van der Waals surface area contributed by atoms with Crippen LogP contribution < -0.4 is 9.47 Å². The molecule has 2 aliphatic carbocycles. The smallest absolute Gasteiger partial charge is 0.119 e. The highest BCUT2D eigenvalue weighted by Gasteiger charge is 2.24. The summed E-state index contributed by atoms with van der Waals surface area (Å²) >= 11 is 5.55. The molecular formula is C62H70ClN3O7. The van der Waals surface area contributed by atoms with Crippen molar-refractivity contribution in [3.63, 3.8) is 0 Å². The van der Waals surface area contributed by atoms with Crippen LogP contribution in [0.3, 0.4) is 0 Å². The highest BCUT2D eigenvalue weighted by Crippen LogP contribution is 2.43. The Hall–Kier alpha value is -5.95. The van der Waals surface area contributed by atoms with Gasteiger partial charge in [-0.05, 0) is 141 Å². The molecule has 3 fully saturated rings. The Bertz CT molecular complexity index is 2710.